The van der Waals surface area contributed by atoms with Gasteiger partial charge in [-0.2, -0.15) is 5.10 Å². The smallest absolute Gasteiger partial charge is 0.120 e. The van der Waals surface area contributed by atoms with Gasteiger partial charge in [0.15, 0.2) is 0 Å². The number of aliphatic hydroxyl groups excluding tert-OH is 1. The summed E-state index contributed by atoms with van der Waals surface area (Å²) in [4.78, 5) is 0. The van der Waals surface area contributed by atoms with Crippen LogP contribution >= 0.6 is 11.6 Å². The fourth-order valence-electron chi connectivity index (χ4n) is 1.73. The number of hydrogen-bond donors (Lipinski definition) is 2. The minimum Gasteiger partial charge on any atom is -0.491 e. The van der Waals surface area contributed by atoms with Crippen LogP contribution in [0.15, 0.2) is 36.5 Å². The first-order valence-electron chi connectivity index (χ1n) is 6.39. The molecule has 0 aliphatic rings. The third-order valence-electron chi connectivity index (χ3n) is 2.69. The molecule has 1 heterocycles. The van der Waals surface area contributed by atoms with Crippen LogP contribution in [0.1, 0.15) is 5.69 Å². The first-order chi connectivity index (χ1) is 9.63. The molecule has 1 aromatic carbocycles. The molecule has 108 valence electrons. The van der Waals surface area contributed by atoms with Gasteiger partial charge in [-0.1, -0.05) is 17.7 Å². The maximum absolute atomic E-state index is 9.82. The average Bonchev–Trinajstić information content (AvgIpc) is 2.82. The number of nitrogens with zero attached hydrogens (tertiary/aromatic N) is 2. The Hall–Kier alpha value is -1.56. The summed E-state index contributed by atoms with van der Waals surface area (Å²) in [6, 6.07) is 9.04. The number of rotatable bonds is 7. The Balaban J connectivity index is 1.66. The summed E-state index contributed by atoms with van der Waals surface area (Å²) < 4.78 is 7.21. The van der Waals surface area contributed by atoms with Crippen LogP contribution in [0.5, 0.6) is 5.75 Å². The Labute approximate surface area is 123 Å². The SMILES string of the molecule is Cn1ccc(CNCC(O)COc2cccc(Cl)c2)n1. The third kappa shape index (κ3) is 4.85. The lowest BCUT2D eigenvalue weighted by Crippen LogP contribution is -2.31. The Morgan fingerprint density at radius 1 is 1.45 bits per heavy atom. The molecule has 0 spiro atoms. The second-order valence-electron chi connectivity index (χ2n) is 4.53. The molecule has 5 nitrogen and oxygen atoms in total. The maximum Gasteiger partial charge on any atom is 0.120 e. The van der Waals surface area contributed by atoms with Crippen LogP contribution in [0.25, 0.3) is 0 Å². The van der Waals surface area contributed by atoms with Crippen LogP contribution in [0.2, 0.25) is 5.02 Å². The Morgan fingerprint density at radius 2 is 2.30 bits per heavy atom. The highest BCUT2D eigenvalue weighted by molar-refractivity contribution is 6.30. The number of hydrogen-bond acceptors (Lipinski definition) is 4. The average molecular weight is 296 g/mol. The van der Waals surface area contributed by atoms with Crippen molar-refractivity contribution in [2.75, 3.05) is 13.2 Å². The highest BCUT2D eigenvalue weighted by atomic mass is 35.5. The number of halogens is 1. The van der Waals surface area contributed by atoms with E-state index in [1.165, 1.54) is 0 Å². The highest BCUT2D eigenvalue weighted by Gasteiger charge is 2.06. The van der Waals surface area contributed by atoms with E-state index in [4.69, 9.17) is 16.3 Å². The zero-order chi connectivity index (χ0) is 14.4. The van der Waals surface area contributed by atoms with Crippen molar-refractivity contribution < 1.29 is 9.84 Å². The van der Waals surface area contributed by atoms with Crippen molar-refractivity contribution in [3.05, 3.63) is 47.2 Å². The van der Waals surface area contributed by atoms with Crippen molar-refractivity contribution >= 4 is 11.6 Å². The third-order valence-corrected chi connectivity index (χ3v) is 2.93. The van der Waals surface area contributed by atoms with E-state index in [1.807, 2.05) is 25.4 Å². The van der Waals surface area contributed by atoms with Gasteiger partial charge in [-0.15, -0.1) is 0 Å². The molecule has 0 saturated heterocycles. The van der Waals surface area contributed by atoms with Crippen LogP contribution in [0.4, 0.5) is 0 Å². The van der Waals surface area contributed by atoms with Gasteiger partial charge in [0.05, 0.1) is 5.69 Å². The van der Waals surface area contributed by atoms with Crippen LogP contribution in [0.3, 0.4) is 0 Å². The van der Waals surface area contributed by atoms with E-state index in [-0.39, 0.29) is 6.61 Å². The lowest BCUT2D eigenvalue weighted by Gasteiger charge is -2.13. The molecular weight excluding hydrogens is 278 g/mol. The quantitative estimate of drug-likeness (QED) is 0.815. The molecule has 0 fully saturated rings. The van der Waals surface area contributed by atoms with Crippen LogP contribution in [-0.2, 0) is 13.6 Å². The lowest BCUT2D eigenvalue weighted by molar-refractivity contribution is 0.106. The Morgan fingerprint density at radius 3 is 3.00 bits per heavy atom. The molecule has 0 aliphatic heterocycles. The van der Waals surface area contributed by atoms with Gasteiger partial charge in [0.1, 0.15) is 18.5 Å². The van der Waals surface area contributed by atoms with Crippen molar-refractivity contribution in [3.8, 4) is 5.75 Å². The van der Waals surface area contributed by atoms with E-state index < -0.39 is 6.10 Å². The van der Waals surface area contributed by atoms with Crippen molar-refractivity contribution in [2.24, 2.45) is 7.05 Å². The zero-order valence-electron chi connectivity index (χ0n) is 11.3. The molecule has 1 atom stereocenters. The van der Waals surface area contributed by atoms with Gasteiger partial charge in [-0.05, 0) is 24.3 Å². The molecule has 1 aromatic heterocycles. The maximum atomic E-state index is 9.82. The predicted molar refractivity (Wildman–Crippen MR) is 77.9 cm³/mol. The van der Waals surface area contributed by atoms with Gasteiger partial charge in [-0.3, -0.25) is 4.68 Å². The van der Waals surface area contributed by atoms with Gasteiger partial charge in [0.25, 0.3) is 0 Å². The molecule has 1 unspecified atom stereocenters. The standard InChI is InChI=1S/C14H18ClN3O2/c1-18-6-5-12(17-18)8-16-9-13(19)10-20-14-4-2-3-11(15)7-14/h2-7,13,16,19H,8-10H2,1H3. The summed E-state index contributed by atoms with van der Waals surface area (Å²) in [6.45, 7) is 1.28. The first kappa shape index (κ1) is 14.8. The number of aromatic nitrogens is 2. The van der Waals surface area contributed by atoms with Crippen molar-refractivity contribution in [3.63, 3.8) is 0 Å². The number of ether oxygens (including phenoxy) is 1. The molecule has 0 aliphatic carbocycles. The van der Waals surface area contributed by atoms with E-state index in [1.54, 1.807) is 22.9 Å². The van der Waals surface area contributed by atoms with E-state index in [9.17, 15) is 5.11 Å². The lowest BCUT2D eigenvalue weighted by atomic mass is 10.3. The molecule has 2 rings (SSSR count). The summed E-state index contributed by atoms with van der Waals surface area (Å²) in [6.07, 6.45) is 1.30. The normalized spacial score (nSPS) is 12.3. The predicted octanol–water partition coefficient (Wildman–Crippen LogP) is 1.60. The summed E-state index contributed by atoms with van der Waals surface area (Å²) in [5, 5.41) is 17.8. The Bertz CT molecular complexity index is 545. The number of benzene rings is 1. The molecule has 2 N–H and O–H groups in total. The zero-order valence-corrected chi connectivity index (χ0v) is 12.0. The topological polar surface area (TPSA) is 59.3 Å². The van der Waals surface area contributed by atoms with Crippen molar-refractivity contribution in [1.29, 1.82) is 0 Å². The van der Waals surface area contributed by atoms with Crippen molar-refractivity contribution in [1.82, 2.24) is 15.1 Å². The van der Waals surface area contributed by atoms with Gasteiger partial charge in [0.2, 0.25) is 0 Å². The largest absolute Gasteiger partial charge is 0.491 e. The highest BCUT2D eigenvalue weighted by Crippen LogP contribution is 2.17. The molecule has 0 amide bonds. The van der Waals surface area contributed by atoms with Crippen LogP contribution < -0.4 is 10.1 Å². The summed E-state index contributed by atoms with van der Waals surface area (Å²) in [7, 11) is 1.87. The minimum absolute atomic E-state index is 0.218. The second kappa shape index (κ2) is 7.28. The summed E-state index contributed by atoms with van der Waals surface area (Å²) in [5.74, 6) is 0.654. The molecule has 0 saturated carbocycles. The Kier molecular flexibility index (Phi) is 5.40. The fourth-order valence-corrected chi connectivity index (χ4v) is 1.91. The number of aliphatic hydroxyl groups is 1. The van der Waals surface area contributed by atoms with E-state index >= 15 is 0 Å². The van der Waals surface area contributed by atoms with Crippen LogP contribution in [-0.4, -0.2) is 34.1 Å². The monoisotopic (exact) mass is 295 g/mol. The van der Waals surface area contributed by atoms with Gasteiger partial charge < -0.3 is 15.2 Å². The number of nitrogens with one attached hydrogen (secondary N) is 1. The summed E-state index contributed by atoms with van der Waals surface area (Å²) in [5.41, 5.74) is 0.940. The van der Waals surface area contributed by atoms with Gasteiger partial charge in [0, 0.05) is 31.4 Å². The van der Waals surface area contributed by atoms with Gasteiger partial charge in [-0.25, -0.2) is 0 Å². The number of aryl methyl sites for hydroxylation is 1. The van der Waals surface area contributed by atoms with E-state index in [0.717, 1.165) is 5.69 Å². The van der Waals surface area contributed by atoms with E-state index in [2.05, 4.69) is 10.4 Å². The summed E-state index contributed by atoms with van der Waals surface area (Å²) >= 11 is 5.85. The molecule has 0 radical (unpaired) electrons. The minimum atomic E-state index is -0.585. The van der Waals surface area contributed by atoms with E-state index in [0.29, 0.717) is 23.9 Å². The molecule has 0 bridgehead atoms. The molecule has 2 aromatic rings. The molecular formula is C14H18ClN3O2. The fraction of sp³-hybridized carbons (Fsp3) is 0.357. The van der Waals surface area contributed by atoms with Crippen molar-refractivity contribution in [2.45, 2.75) is 12.6 Å². The van der Waals surface area contributed by atoms with Crippen LogP contribution in [0, 0.1) is 0 Å². The first-order valence-corrected chi connectivity index (χ1v) is 6.77. The van der Waals surface area contributed by atoms with Gasteiger partial charge >= 0.3 is 0 Å². The second-order valence-corrected chi connectivity index (χ2v) is 4.97. The molecule has 6 heteroatoms. The molecule has 20 heavy (non-hydrogen) atoms.